The fraction of sp³-hybridized carbons (Fsp3) is 0.524. The average molecular weight is 308 g/mol. The second-order valence-electron chi connectivity index (χ2n) is 7.86. The molecular formula is C21H28N2. The third-order valence-electron chi connectivity index (χ3n) is 7.37. The normalized spacial score (nSPS) is 34.3. The lowest BCUT2D eigenvalue weighted by molar-refractivity contribution is 0.0353. The van der Waals surface area contributed by atoms with E-state index in [1.807, 2.05) is 0 Å². The minimum atomic E-state index is 0.184. The molecule has 1 aromatic carbocycles. The van der Waals surface area contributed by atoms with Crippen LogP contribution in [0.2, 0.25) is 0 Å². The highest BCUT2D eigenvalue weighted by molar-refractivity contribution is 5.83. The summed E-state index contributed by atoms with van der Waals surface area (Å²) in [5.74, 6) is 0. The van der Waals surface area contributed by atoms with Crippen molar-refractivity contribution in [2.75, 3.05) is 11.9 Å². The third kappa shape index (κ3) is 1.46. The Balaban J connectivity index is 2.11. The fourth-order valence-electron chi connectivity index (χ4n) is 5.34. The smallest absolute Gasteiger partial charge is 0.112 e. The lowest BCUT2D eigenvalue weighted by Crippen LogP contribution is -2.62. The summed E-state index contributed by atoms with van der Waals surface area (Å²) in [5, 5.41) is 0. The SMILES string of the molecule is CCC1(C)c2cccc3c2N2C(=C(C)N(C)C2C1(C)CC)C=C3. The van der Waals surface area contributed by atoms with Gasteiger partial charge >= 0.3 is 0 Å². The number of anilines is 1. The minimum Gasteiger partial charge on any atom is -0.355 e. The zero-order valence-electron chi connectivity index (χ0n) is 15.3. The second kappa shape index (κ2) is 4.43. The molecule has 0 bridgehead atoms. The first-order valence-electron chi connectivity index (χ1n) is 8.95. The summed E-state index contributed by atoms with van der Waals surface area (Å²) in [6.45, 7) is 12.0. The van der Waals surface area contributed by atoms with Crippen molar-refractivity contribution in [3.8, 4) is 0 Å². The van der Waals surface area contributed by atoms with Crippen LogP contribution in [0.3, 0.4) is 0 Å². The van der Waals surface area contributed by atoms with Crippen LogP contribution in [0.5, 0.6) is 0 Å². The molecule has 3 aliphatic heterocycles. The molecule has 3 unspecified atom stereocenters. The van der Waals surface area contributed by atoms with Gasteiger partial charge in [-0.25, -0.2) is 0 Å². The average Bonchev–Trinajstić information content (AvgIpc) is 2.84. The van der Waals surface area contributed by atoms with Gasteiger partial charge in [-0.15, -0.1) is 0 Å². The molecule has 3 aliphatic rings. The highest BCUT2D eigenvalue weighted by Crippen LogP contribution is 2.62. The van der Waals surface area contributed by atoms with Crippen molar-refractivity contribution >= 4 is 11.8 Å². The monoisotopic (exact) mass is 308 g/mol. The van der Waals surface area contributed by atoms with E-state index >= 15 is 0 Å². The number of para-hydroxylation sites is 1. The first kappa shape index (κ1) is 14.9. The van der Waals surface area contributed by atoms with Crippen molar-refractivity contribution in [1.29, 1.82) is 0 Å². The van der Waals surface area contributed by atoms with Crippen LogP contribution in [-0.4, -0.2) is 18.1 Å². The molecule has 0 aromatic heterocycles. The Hall–Kier alpha value is -1.70. The molecule has 2 heteroatoms. The van der Waals surface area contributed by atoms with Crippen LogP contribution in [0.15, 0.2) is 35.7 Å². The van der Waals surface area contributed by atoms with Crippen molar-refractivity contribution in [3.63, 3.8) is 0 Å². The van der Waals surface area contributed by atoms with Crippen molar-refractivity contribution in [1.82, 2.24) is 4.90 Å². The van der Waals surface area contributed by atoms with Crippen LogP contribution in [0, 0.1) is 5.41 Å². The van der Waals surface area contributed by atoms with E-state index in [4.69, 9.17) is 0 Å². The van der Waals surface area contributed by atoms with Gasteiger partial charge in [0.1, 0.15) is 6.17 Å². The summed E-state index contributed by atoms with van der Waals surface area (Å²) < 4.78 is 0. The zero-order chi connectivity index (χ0) is 16.6. The number of benzene rings is 1. The third-order valence-corrected chi connectivity index (χ3v) is 7.37. The molecular weight excluding hydrogens is 280 g/mol. The van der Waals surface area contributed by atoms with Crippen LogP contribution in [-0.2, 0) is 5.41 Å². The number of hydrogen-bond donors (Lipinski definition) is 0. The molecule has 3 atom stereocenters. The number of rotatable bonds is 2. The number of hydrogen-bond acceptors (Lipinski definition) is 2. The van der Waals surface area contributed by atoms with Gasteiger partial charge in [-0.2, -0.15) is 0 Å². The number of allylic oxidation sites excluding steroid dienone is 2. The minimum absolute atomic E-state index is 0.184. The van der Waals surface area contributed by atoms with Crippen molar-refractivity contribution < 1.29 is 0 Å². The van der Waals surface area contributed by atoms with Crippen LogP contribution in [0.1, 0.15) is 58.6 Å². The van der Waals surface area contributed by atoms with Crippen LogP contribution in [0.4, 0.5) is 5.69 Å². The first-order valence-corrected chi connectivity index (χ1v) is 8.95. The van der Waals surface area contributed by atoms with E-state index < -0.39 is 0 Å². The highest BCUT2D eigenvalue weighted by atomic mass is 15.4. The van der Waals surface area contributed by atoms with E-state index in [1.54, 1.807) is 0 Å². The molecule has 0 saturated heterocycles. The summed E-state index contributed by atoms with van der Waals surface area (Å²) in [7, 11) is 2.27. The van der Waals surface area contributed by atoms with Gasteiger partial charge in [0.25, 0.3) is 0 Å². The van der Waals surface area contributed by atoms with Crippen molar-refractivity contribution in [2.24, 2.45) is 5.41 Å². The van der Waals surface area contributed by atoms with Crippen LogP contribution < -0.4 is 4.90 Å². The Morgan fingerprint density at radius 1 is 1.09 bits per heavy atom. The van der Waals surface area contributed by atoms with Crippen molar-refractivity contribution in [3.05, 3.63) is 46.8 Å². The van der Waals surface area contributed by atoms with Gasteiger partial charge in [-0.05, 0) is 37.0 Å². The Morgan fingerprint density at radius 2 is 1.83 bits per heavy atom. The maximum atomic E-state index is 2.63. The van der Waals surface area contributed by atoms with E-state index in [0.29, 0.717) is 6.17 Å². The summed E-state index contributed by atoms with van der Waals surface area (Å²) in [6, 6.07) is 6.88. The summed E-state index contributed by atoms with van der Waals surface area (Å²) in [6.07, 6.45) is 7.37. The largest absolute Gasteiger partial charge is 0.355 e. The maximum Gasteiger partial charge on any atom is 0.112 e. The quantitative estimate of drug-likeness (QED) is 0.748. The van der Waals surface area contributed by atoms with Gasteiger partial charge in [0.15, 0.2) is 0 Å². The summed E-state index contributed by atoms with van der Waals surface area (Å²) in [4.78, 5) is 5.14. The topological polar surface area (TPSA) is 6.48 Å². The lowest BCUT2D eigenvalue weighted by Gasteiger charge is -2.59. The zero-order valence-corrected chi connectivity index (χ0v) is 15.3. The molecule has 0 aliphatic carbocycles. The van der Waals surface area contributed by atoms with Crippen LogP contribution >= 0.6 is 0 Å². The summed E-state index contributed by atoms with van der Waals surface area (Å²) >= 11 is 0. The first-order chi connectivity index (χ1) is 10.9. The van der Waals surface area contributed by atoms with E-state index in [9.17, 15) is 0 Å². The standard InChI is InChI=1S/C21H28N2/c1-7-20(4)16-11-9-10-15-12-13-17-14(3)22(6)19(21(20,5)8-2)23(17)18(15)16/h9-13,19H,7-8H2,1-6H3. The van der Waals surface area contributed by atoms with Gasteiger partial charge in [-0.1, -0.05) is 52.0 Å². The van der Waals surface area contributed by atoms with E-state index in [-0.39, 0.29) is 10.8 Å². The molecule has 4 rings (SSSR count). The number of nitrogens with zero attached hydrogens (tertiary/aromatic N) is 2. The molecule has 3 heterocycles. The second-order valence-corrected chi connectivity index (χ2v) is 7.86. The molecule has 0 radical (unpaired) electrons. The highest BCUT2D eigenvalue weighted by Gasteiger charge is 2.59. The molecule has 1 aromatic rings. The Labute approximate surface area is 140 Å². The van der Waals surface area contributed by atoms with Gasteiger partial charge in [-0.3, -0.25) is 0 Å². The molecule has 0 amide bonds. The van der Waals surface area contributed by atoms with Gasteiger partial charge in [0.05, 0.1) is 11.4 Å². The predicted octanol–water partition coefficient (Wildman–Crippen LogP) is 5.12. The van der Waals surface area contributed by atoms with Crippen LogP contribution in [0.25, 0.3) is 6.08 Å². The van der Waals surface area contributed by atoms with E-state index in [0.717, 1.165) is 0 Å². The molecule has 122 valence electrons. The maximum absolute atomic E-state index is 2.63. The van der Waals surface area contributed by atoms with Gasteiger partial charge < -0.3 is 9.80 Å². The molecule has 0 N–H and O–H groups in total. The molecule has 0 saturated carbocycles. The molecule has 2 nitrogen and oxygen atoms in total. The van der Waals surface area contributed by atoms with Gasteiger partial charge in [0, 0.05) is 23.6 Å². The Morgan fingerprint density at radius 3 is 2.48 bits per heavy atom. The van der Waals surface area contributed by atoms with Gasteiger partial charge in [0.2, 0.25) is 0 Å². The summed E-state index contributed by atoms with van der Waals surface area (Å²) in [5.41, 5.74) is 7.52. The fourth-order valence-corrected chi connectivity index (χ4v) is 5.34. The molecule has 0 fully saturated rings. The molecule has 23 heavy (non-hydrogen) atoms. The Kier molecular flexibility index (Phi) is 2.87. The van der Waals surface area contributed by atoms with E-state index in [1.165, 1.54) is 41.1 Å². The lowest BCUT2D eigenvalue weighted by atomic mass is 9.54. The molecule has 0 spiro atoms. The van der Waals surface area contributed by atoms with E-state index in [2.05, 4.69) is 81.8 Å². The Bertz CT molecular complexity index is 744. The van der Waals surface area contributed by atoms with Crippen molar-refractivity contribution in [2.45, 2.75) is 59.0 Å². The predicted molar refractivity (Wildman–Crippen MR) is 98.2 cm³/mol.